The van der Waals surface area contributed by atoms with Gasteiger partial charge in [0.2, 0.25) is 0 Å². The summed E-state index contributed by atoms with van der Waals surface area (Å²) in [4.78, 5) is 13.3. The Bertz CT molecular complexity index is 369. The van der Waals surface area contributed by atoms with Crippen LogP contribution in [0.3, 0.4) is 0 Å². The van der Waals surface area contributed by atoms with Gasteiger partial charge in [-0.3, -0.25) is 4.79 Å². The Hall–Kier alpha value is -1.59. The van der Waals surface area contributed by atoms with Crippen LogP contribution in [-0.2, 0) is 14.3 Å². The number of carbonyl (C=O) groups is 1. The average Bonchev–Trinajstić information content (AvgIpc) is 2.33. The Balaban J connectivity index is 2.46. The van der Waals surface area contributed by atoms with Gasteiger partial charge in [-0.2, -0.15) is 0 Å². The maximum Gasteiger partial charge on any atom is 0.252 e. The molecule has 94 valence electrons. The van der Waals surface area contributed by atoms with Crippen LogP contribution in [0.1, 0.15) is 0 Å². The predicted octanol–water partition coefficient (Wildman–Crippen LogP) is 0.895. The van der Waals surface area contributed by atoms with Gasteiger partial charge in [0.25, 0.3) is 5.91 Å². The summed E-state index contributed by atoms with van der Waals surface area (Å²) < 4.78 is 9.98. The van der Waals surface area contributed by atoms with E-state index in [1.807, 2.05) is 6.07 Å². The number of hydrogen-bond acceptors (Lipinski definition) is 4. The van der Waals surface area contributed by atoms with Gasteiger partial charge in [0.1, 0.15) is 6.61 Å². The van der Waals surface area contributed by atoms with Crippen LogP contribution in [0.15, 0.2) is 24.3 Å². The van der Waals surface area contributed by atoms with E-state index in [1.165, 1.54) is 4.90 Å². The monoisotopic (exact) mass is 238 g/mol. The van der Waals surface area contributed by atoms with E-state index in [4.69, 9.17) is 15.2 Å². The number of nitrogens with two attached hydrogens (primary N) is 1. The number of benzene rings is 1. The number of nitrogens with zero attached hydrogens (tertiary/aromatic N) is 1. The highest BCUT2D eigenvalue weighted by molar-refractivity contribution is 5.94. The Morgan fingerprint density at radius 3 is 2.82 bits per heavy atom. The van der Waals surface area contributed by atoms with Gasteiger partial charge in [0.05, 0.1) is 13.2 Å². The molecule has 5 heteroatoms. The number of rotatable bonds is 6. The molecule has 0 aliphatic rings. The fourth-order valence-corrected chi connectivity index (χ4v) is 1.28. The number of likely N-dealkylation sites (N-methyl/N-ethyl adjacent to an activating group) is 1. The molecule has 0 aromatic heterocycles. The third kappa shape index (κ3) is 4.42. The van der Waals surface area contributed by atoms with Crippen molar-refractivity contribution in [3.05, 3.63) is 24.3 Å². The van der Waals surface area contributed by atoms with Crippen molar-refractivity contribution in [2.45, 2.75) is 0 Å². The molecule has 0 unspecified atom stereocenters. The van der Waals surface area contributed by atoms with Gasteiger partial charge in [-0.15, -0.1) is 0 Å². The molecule has 1 rings (SSSR count). The van der Waals surface area contributed by atoms with E-state index in [-0.39, 0.29) is 12.5 Å². The van der Waals surface area contributed by atoms with Crippen molar-refractivity contribution in [3.63, 3.8) is 0 Å². The lowest BCUT2D eigenvalue weighted by molar-refractivity contribution is -0.123. The molecule has 2 N–H and O–H groups in total. The van der Waals surface area contributed by atoms with Gasteiger partial charge in [-0.25, -0.2) is 0 Å². The van der Waals surface area contributed by atoms with Crippen LogP contribution in [0.4, 0.5) is 11.4 Å². The van der Waals surface area contributed by atoms with Crippen LogP contribution >= 0.6 is 0 Å². The van der Waals surface area contributed by atoms with Crippen molar-refractivity contribution in [1.29, 1.82) is 0 Å². The van der Waals surface area contributed by atoms with Gasteiger partial charge in [-0.05, 0) is 18.2 Å². The Labute approximate surface area is 101 Å². The normalized spacial score (nSPS) is 10.2. The highest BCUT2D eigenvalue weighted by Crippen LogP contribution is 2.15. The summed E-state index contributed by atoms with van der Waals surface area (Å²) in [5.41, 5.74) is 7.03. The van der Waals surface area contributed by atoms with Gasteiger partial charge >= 0.3 is 0 Å². The first kappa shape index (κ1) is 13.5. The zero-order valence-corrected chi connectivity index (χ0v) is 10.2. The molecule has 0 fully saturated rings. The van der Waals surface area contributed by atoms with Crippen LogP contribution in [0, 0.1) is 0 Å². The van der Waals surface area contributed by atoms with Crippen LogP contribution in [-0.4, -0.2) is 39.9 Å². The minimum atomic E-state index is -0.119. The van der Waals surface area contributed by atoms with Gasteiger partial charge < -0.3 is 20.1 Å². The van der Waals surface area contributed by atoms with Crippen LogP contribution in [0.2, 0.25) is 0 Å². The number of hydrogen-bond donors (Lipinski definition) is 1. The highest BCUT2D eigenvalue weighted by atomic mass is 16.5. The van der Waals surface area contributed by atoms with Gasteiger partial charge in [0, 0.05) is 25.5 Å². The summed E-state index contributed by atoms with van der Waals surface area (Å²) in [5, 5.41) is 0. The number of anilines is 2. The van der Waals surface area contributed by atoms with E-state index < -0.39 is 0 Å². The van der Waals surface area contributed by atoms with E-state index in [2.05, 4.69) is 0 Å². The molecule has 0 heterocycles. The third-order valence-corrected chi connectivity index (χ3v) is 2.29. The SMILES string of the molecule is COCCOCC(=O)N(C)c1cccc(N)c1. The quantitative estimate of drug-likeness (QED) is 0.590. The second-order valence-corrected chi connectivity index (χ2v) is 3.59. The summed E-state index contributed by atoms with van der Waals surface area (Å²) in [5.74, 6) is -0.119. The molecule has 0 aliphatic carbocycles. The summed E-state index contributed by atoms with van der Waals surface area (Å²) in [6.07, 6.45) is 0. The topological polar surface area (TPSA) is 64.8 Å². The Morgan fingerprint density at radius 2 is 2.18 bits per heavy atom. The third-order valence-electron chi connectivity index (χ3n) is 2.29. The zero-order chi connectivity index (χ0) is 12.7. The maximum absolute atomic E-state index is 11.7. The van der Waals surface area contributed by atoms with E-state index in [0.29, 0.717) is 18.9 Å². The molecule has 0 saturated heterocycles. The zero-order valence-electron chi connectivity index (χ0n) is 10.2. The van der Waals surface area contributed by atoms with Crippen molar-refractivity contribution in [1.82, 2.24) is 0 Å². The maximum atomic E-state index is 11.7. The Morgan fingerprint density at radius 1 is 1.41 bits per heavy atom. The van der Waals surface area contributed by atoms with E-state index in [1.54, 1.807) is 32.4 Å². The smallest absolute Gasteiger partial charge is 0.252 e. The minimum Gasteiger partial charge on any atom is -0.399 e. The summed E-state index contributed by atoms with van der Waals surface area (Å²) in [6, 6.07) is 7.15. The fourth-order valence-electron chi connectivity index (χ4n) is 1.28. The first-order chi connectivity index (χ1) is 8.15. The highest BCUT2D eigenvalue weighted by Gasteiger charge is 2.10. The molecule has 17 heavy (non-hydrogen) atoms. The number of amides is 1. The van der Waals surface area contributed by atoms with Crippen LogP contribution < -0.4 is 10.6 Å². The molecule has 5 nitrogen and oxygen atoms in total. The molecule has 0 spiro atoms. The molecule has 1 aromatic rings. The fraction of sp³-hybridized carbons (Fsp3) is 0.417. The van der Waals surface area contributed by atoms with Crippen molar-refractivity contribution in [2.75, 3.05) is 44.6 Å². The van der Waals surface area contributed by atoms with Gasteiger partial charge in [0.15, 0.2) is 0 Å². The first-order valence-electron chi connectivity index (χ1n) is 5.34. The number of methoxy groups -OCH3 is 1. The van der Waals surface area contributed by atoms with Crippen molar-refractivity contribution in [2.24, 2.45) is 0 Å². The molecule has 1 amide bonds. The lowest BCUT2D eigenvalue weighted by atomic mass is 10.2. The molecule has 0 bridgehead atoms. The van der Waals surface area contributed by atoms with Crippen molar-refractivity contribution >= 4 is 17.3 Å². The second kappa shape index (κ2) is 6.88. The van der Waals surface area contributed by atoms with E-state index in [0.717, 1.165) is 5.69 Å². The number of ether oxygens (including phenoxy) is 2. The predicted molar refractivity (Wildman–Crippen MR) is 67.0 cm³/mol. The van der Waals surface area contributed by atoms with E-state index >= 15 is 0 Å². The van der Waals surface area contributed by atoms with Gasteiger partial charge in [-0.1, -0.05) is 6.07 Å². The summed E-state index contributed by atoms with van der Waals surface area (Å²) in [7, 11) is 3.28. The second-order valence-electron chi connectivity index (χ2n) is 3.59. The molecule has 0 saturated carbocycles. The van der Waals surface area contributed by atoms with Crippen LogP contribution in [0.25, 0.3) is 0 Å². The molecule has 0 atom stereocenters. The molecule has 0 radical (unpaired) electrons. The first-order valence-corrected chi connectivity index (χ1v) is 5.34. The average molecular weight is 238 g/mol. The molecular formula is C12H18N2O3. The van der Waals surface area contributed by atoms with Crippen molar-refractivity contribution in [3.8, 4) is 0 Å². The number of nitrogen functional groups attached to an aromatic ring is 1. The van der Waals surface area contributed by atoms with E-state index in [9.17, 15) is 4.79 Å². The lowest BCUT2D eigenvalue weighted by Crippen LogP contribution is -2.30. The molecule has 1 aromatic carbocycles. The number of carbonyl (C=O) groups excluding carboxylic acids is 1. The Kier molecular flexibility index (Phi) is 5.45. The minimum absolute atomic E-state index is 0.0364. The van der Waals surface area contributed by atoms with Crippen LogP contribution in [0.5, 0.6) is 0 Å². The standard InChI is InChI=1S/C12H18N2O3/c1-14(11-5-3-4-10(13)8-11)12(15)9-17-7-6-16-2/h3-5,8H,6-7,9,13H2,1-2H3. The summed E-state index contributed by atoms with van der Waals surface area (Å²) in [6.45, 7) is 0.928. The molecule has 0 aliphatic heterocycles. The lowest BCUT2D eigenvalue weighted by Gasteiger charge is -2.17. The summed E-state index contributed by atoms with van der Waals surface area (Å²) >= 11 is 0. The molecular weight excluding hydrogens is 220 g/mol. The van der Waals surface area contributed by atoms with Crippen molar-refractivity contribution < 1.29 is 14.3 Å². The largest absolute Gasteiger partial charge is 0.399 e.